The molecular weight excluding hydrogens is 270 g/mol. The third-order valence-electron chi connectivity index (χ3n) is 3.49. The molecule has 0 N–H and O–H groups in total. The van der Waals surface area contributed by atoms with E-state index in [1.807, 2.05) is 6.07 Å². The first-order valence-electron chi connectivity index (χ1n) is 6.15. The van der Waals surface area contributed by atoms with Crippen LogP contribution in [-0.4, -0.2) is 43.0 Å². The fourth-order valence-electron chi connectivity index (χ4n) is 2.35. The van der Waals surface area contributed by atoms with Crippen LogP contribution in [0.1, 0.15) is 29.4 Å². The Hall–Kier alpha value is -0.420. The Balaban J connectivity index is 1.92. The van der Waals surface area contributed by atoms with E-state index in [0.29, 0.717) is 23.0 Å². The fraction of sp³-hybridized carbons (Fsp3) is 0.615. The van der Waals surface area contributed by atoms with Gasteiger partial charge in [-0.05, 0) is 31.9 Å². The molecule has 3 nitrogen and oxygen atoms in total. The lowest BCUT2D eigenvalue weighted by Crippen LogP contribution is -2.45. The van der Waals surface area contributed by atoms with Gasteiger partial charge in [0.05, 0.1) is 21.9 Å². The molecule has 2 unspecified atom stereocenters. The van der Waals surface area contributed by atoms with Gasteiger partial charge >= 0.3 is 0 Å². The molecule has 0 spiro atoms. The first-order valence-corrected chi connectivity index (χ1v) is 7.35. The third-order valence-corrected chi connectivity index (χ3v) is 4.77. The Kier molecular flexibility index (Phi) is 4.78. The van der Waals surface area contributed by atoms with Gasteiger partial charge in [-0.15, -0.1) is 11.3 Å². The van der Waals surface area contributed by atoms with Crippen molar-refractivity contribution in [3.8, 4) is 0 Å². The summed E-state index contributed by atoms with van der Waals surface area (Å²) in [6.07, 6.45) is 2.33. The van der Waals surface area contributed by atoms with Gasteiger partial charge in [0.1, 0.15) is 0 Å². The normalized spacial score (nSPS) is 25.3. The molecule has 0 amide bonds. The van der Waals surface area contributed by atoms with Crippen LogP contribution in [0.3, 0.4) is 0 Å². The Bertz CT molecular complexity index is 421. The molecule has 0 saturated carbocycles. The molecule has 100 valence electrons. The van der Waals surface area contributed by atoms with E-state index >= 15 is 0 Å². The van der Waals surface area contributed by atoms with E-state index in [1.165, 1.54) is 11.3 Å². The lowest BCUT2D eigenvalue weighted by molar-refractivity contribution is 0.0168. The molecule has 2 heterocycles. The average molecular weight is 288 g/mol. The largest absolute Gasteiger partial charge is 0.381 e. The van der Waals surface area contributed by atoms with E-state index < -0.39 is 0 Å². The van der Waals surface area contributed by atoms with Crippen LogP contribution in [0, 0.1) is 0 Å². The number of halogens is 1. The second-order valence-electron chi connectivity index (χ2n) is 4.73. The van der Waals surface area contributed by atoms with Crippen molar-refractivity contribution >= 4 is 28.7 Å². The van der Waals surface area contributed by atoms with E-state index in [2.05, 4.69) is 11.8 Å². The van der Waals surface area contributed by atoms with Crippen LogP contribution in [0.5, 0.6) is 0 Å². The van der Waals surface area contributed by atoms with Crippen molar-refractivity contribution < 1.29 is 9.53 Å². The molecular formula is C13H18ClNO2S. The van der Waals surface area contributed by atoms with Crippen molar-refractivity contribution in [2.45, 2.75) is 31.9 Å². The lowest BCUT2D eigenvalue weighted by Gasteiger charge is -2.36. The summed E-state index contributed by atoms with van der Waals surface area (Å²) in [7, 11) is 1.76. The van der Waals surface area contributed by atoms with Crippen molar-refractivity contribution in [3.63, 3.8) is 0 Å². The quantitative estimate of drug-likeness (QED) is 0.797. The van der Waals surface area contributed by atoms with Crippen molar-refractivity contribution in [3.05, 3.63) is 21.3 Å². The molecule has 1 fully saturated rings. The van der Waals surface area contributed by atoms with Crippen LogP contribution in [-0.2, 0) is 4.74 Å². The van der Waals surface area contributed by atoms with E-state index in [9.17, 15) is 4.79 Å². The number of ether oxygens (including phenoxy) is 1. The van der Waals surface area contributed by atoms with Gasteiger partial charge in [0.2, 0.25) is 0 Å². The van der Waals surface area contributed by atoms with Gasteiger partial charge in [0.25, 0.3) is 0 Å². The molecule has 1 aliphatic rings. The first-order chi connectivity index (χ1) is 8.60. The Labute approximate surface area is 117 Å². The second-order valence-corrected chi connectivity index (χ2v) is 6.44. The molecule has 18 heavy (non-hydrogen) atoms. The molecule has 0 radical (unpaired) electrons. The summed E-state index contributed by atoms with van der Waals surface area (Å²) in [6.45, 7) is 3.55. The first kappa shape index (κ1) is 14.0. The molecule has 0 aliphatic carbocycles. The van der Waals surface area contributed by atoms with Gasteiger partial charge in [-0.25, -0.2) is 0 Å². The Morgan fingerprint density at radius 1 is 1.61 bits per heavy atom. The summed E-state index contributed by atoms with van der Waals surface area (Å²) in [5.74, 6) is 0.162. The monoisotopic (exact) mass is 287 g/mol. The van der Waals surface area contributed by atoms with E-state index in [4.69, 9.17) is 16.3 Å². The van der Waals surface area contributed by atoms with Gasteiger partial charge in [0, 0.05) is 19.7 Å². The zero-order valence-corrected chi connectivity index (χ0v) is 12.3. The average Bonchev–Trinajstić information content (AvgIpc) is 2.78. The number of ketones is 1. The highest BCUT2D eigenvalue weighted by Gasteiger charge is 2.27. The maximum atomic E-state index is 12.1. The number of hydrogen-bond acceptors (Lipinski definition) is 4. The Morgan fingerprint density at radius 2 is 2.39 bits per heavy atom. The van der Waals surface area contributed by atoms with Crippen LogP contribution >= 0.6 is 22.9 Å². The minimum absolute atomic E-state index is 0.162. The number of nitrogens with zero attached hydrogens (tertiary/aromatic N) is 1. The van der Waals surface area contributed by atoms with Gasteiger partial charge in [-0.3, -0.25) is 9.69 Å². The van der Waals surface area contributed by atoms with Gasteiger partial charge < -0.3 is 4.74 Å². The number of carbonyl (C=O) groups is 1. The van der Waals surface area contributed by atoms with Crippen molar-refractivity contribution in [2.75, 3.05) is 20.2 Å². The minimum Gasteiger partial charge on any atom is -0.381 e. The van der Waals surface area contributed by atoms with Crippen molar-refractivity contribution in [1.82, 2.24) is 4.90 Å². The minimum atomic E-state index is 0.162. The molecule has 1 saturated heterocycles. The van der Waals surface area contributed by atoms with E-state index in [0.717, 1.165) is 24.3 Å². The predicted molar refractivity (Wildman–Crippen MR) is 74.7 cm³/mol. The number of carbonyl (C=O) groups excluding carboxylic acids is 1. The van der Waals surface area contributed by atoms with Crippen molar-refractivity contribution in [2.24, 2.45) is 0 Å². The van der Waals surface area contributed by atoms with Gasteiger partial charge in [-0.2, -0.15) is 0 Å². The lowest BCUT2D eigenvalue weighted by atomic mass is 10.0. The molecule has 0 bridgehead atoms. The summed E-state index contributed by atoms with van der Waals surface area (Å²) in [4.78, 5) is 15.1. The number of piperidine rings is 1. The molecule has 2 rings (SSSR count). The molecule has 2 atom stereocenters. The third kappa shape index (κ3) is 3.32. The maximum Gasteiger partial charge on any atom is 0.186 e. The highest BCUT2D eigenvalue weighted by molar-refractivity contribution is 7.18. The molecule has 0 aromatic carbocycles. The predicted octanol–water partition coefficient (Wildman–Crippen LogP) is 3.08. The number of thiophene rings is 1. The van der Waals surface area contributed by atoms with Crippen LogP contribution < -0.4 is 0 Å². The summed E-state index contributed by atoms with van der Waals surface area (Å²) >= 11 is 7.21. The topological polar surface area (TPSA) is 29.5 Å². The van der Waals surface area contributed by atoms with E-state index in [1.54, 1.807) is 13.2 Å². The number of methoxy groups -OCH3 is 1. The number of Topliss-reactive ketones (excluding diaryl/α,β-unsaturated/α-hetero) is 1. The summed E-state index contributed by atoms with van der Waals surface area (Å²) < 4.78 is 6.05. The molecule has 1 aromatic heterocycles. The number of hydrogen-bond donors (Lipinski definition) is 0. The SMILES string of the molecule is COC1CCN(CC(=O)c2ccc(Cl)s2)C(C)C1. The summed E-state index contributed by atoms with van der Waals surface area (Å²) in [5, 5.41) is 0. The zero-order chi connectivity index (χ0) is 13.1. The van der Waals surface area contributed by atoms with Crippen LogP contribution in [0.15, 0.2) is 12.1 Å². The highest BCUT2D eigenvalue weighted by atomic mass is 35.5. The molecule has 1 aromatic rings. The van der Waals surface area contributed by atoms with Gasteiger partial charge in [-0.1, -0.05) is 11.6 Å². The van der Waals surface area contributed by atoms with Gasteiger partial charge in [0.15, 0.2) is 5.78 Å². The molecule has 1 aliphatic heterocycles. The summed E-state index contributed by atoms with van der Waals surface area (Å²) in [6, 6.07) is 3.98. The zero-order valence-electron chi connectivity index (χ0n) is 10.7. The fourth-order valence-corrected chi connectivity index (χ4v) is 3.33. The second kappa shape index (κ2) is 6.15. The standard InChI is InChI=1S/C13H18ClNO2S/c1-9-7-10(17-2)5-6-15(9)8-11(16)12-3-4-13(14)18-12/h3-4,9-10H,5-8H2,1-2H3. The Morgan fingerprint density at radius 3 is 2.94 bits per heavy atom. The van der Waals surface area contributed by atoms with Crippen molar-refractivity contribution in [1.29, 1.82) is 0 Å². The van der Waals surface area contributed by atoms with Crippen LogP contribution in [0.25, 0.3) is 0 Å². The number of rotatable bonds is 4. The maximum absolute atomic E-state index is 12.1. The summed E-state index contributed by atoms with van der Waals surface area (Å²) in [5.41, 5.74) is 0. The smallest absolute Gasteiger partial charge is 0.186 e. The van der Waals surface area contributed by atoms with Crippen LogP contribution in [0.4, 0.5) is 0 Å². The molecule has 5 heteroatoms. The highest BCUT2D eigenvalue weighted by Crippen LogP contribution is 2.24. The number of likely N-dealkylation sites (tertiary alicyclic amines) is 1. The van der Waals surface area contributed by atoms with E-state index in [-0.39, 0.29) is 5.78 Å². The van der Waals surface area contributed by atoms with Crippen LogP contribution in [0.2, 0.25) is 4.34 Å².